The van der Waals surface area contributed by atoms with Gasteiger partial charge in [0.05, 0.1) is 15.8 Å². The Morgan fingerprint density at radius 3 is 2.68 bits per heavy atom. The second kappa shape index (κ2) is 3.83. The first-order valence-electron chi connectivity index (χ1n) is 5.98. The van der Waals surface area contributed by atoms with Crippen molar-refractivity contribution in [3.05, 3.63) is 48.5 Å². The first-order valence-corrected chi connectivity index (χ1v) is 6.80. The van der Waals surface area contributed by atoms with Crippen LogP contribution in [0.25, 0.3) is 31.7 Å². The van der Waals surface area contributed by atoms with Gasteiger partial charge in [-0.25, -0.2) is 4.98 Å². The van der Waals surface area contributed by atoms with Gasteiger partial charge >= 0.3 is 0 Å². The van der Waals surface area contributed by atoms with Crippen molar-refractivity contribution < 1.29 is 5.11 Å². The third-order valence-corrected chi connectivity index (χ3v) is 4.25. The molecule has 4 aromatic rings. The maximum absolute atomic E-state index is 10.1. The summed E-state index contributed by atoms with van der Waals surface area (Å²) in [6, 6.07) is 15.9. The predicted molar refractivity (Wildman–Crippen MR) is 78.6 cm³/mol. The number of fused-ring (bicyclic) bond motifs is 2. The van der Waals surface area contributed by atoms with Crippen molar-refractivity contribution in [1.29, 1.82) is 0 Å². The van der Waals surface area contributed by atoms with Crippen molar-refractivity contribution >= 4 is 32.5 Å². The molecule has 2 aromatic carbocycles. The third-order valence-electron chi connectivity index (χ3n) is 3.19. The molecule has 3 nitrogen and oxygen atoms in total. The summed E-state index contributed by atoms with van der Waals surface area (Å²) < 4.78 is 1.13. The minimum Gasteiger partial charge on any atom is -0.494 e. The van der Waals surface area contributed by atoms with E-state index in [4.69, 9.17) is 0 Å². The summed E-state index contributed by atoms with van der Waals surface area (Å²) in [6.07, 6.45) is 0. The molecule has 0 aliphatic carbocycles. The van der Waals surface area contributed by atoms with Crippen LogP contribution >= 0.6 is 11.3 Å². The fourth-order valence-corrected chi connectivity index (χ4v) is 3.35. The van der Waals surface area contributed by atoms with Gasteiger partial charge in [0.2, 0.25) is 0 Å². The summed E-state index contributed by atoms with van der Waals surface area (Å²) >= 11 is 1.59. The number of thiazole rings is 1. The molecule has 4 rings (SSSR count). The fourth-order valence-electron chi connectivity index (χ4n) is 2.32. The number of nitrogens with one attached hydrogen (secondary N) is 1. The lowest BCUT2D eigenvalue weighted by Crippen LogP contribution is -1.74. The quantitative estimate of drug-likeness (QED) is 0.543. The van der Waals surface area contributed by atoms with Crippen LogP contribution in [0.4, 0.5) is 0 Å². The van der Waals surface area contributed by atoms with E-state index in [-0.39, 0.29) is 5.88 Å². The number of nitrogens with zero attached hydrogens (tertiary/aromatic N) is 1. The van der Waals surface area contributed by atoms with Crippen molar-refractivity contribution in [2.24, 2.45) is 0 Å². The number of hydrogen-bond donors (Lipinski definition) is 2. The van der Waals surface area contributed by atoms with Crippen LogP contribution in [0.2, 0.25) is 0 Å². The zero-order valence-electron chi connectivity index (χ0n) is 9.92. The fraction of sp³-hybridized carbons (Fsp3) is 0. The summed E-state index contributed by atoms with van der Waals surface area (Å²) in [5.41, 5.74) is 2.68. The molecule has 0 amide bonds. The average Bonchev–Trinajstić information content (AvgIpc) is 2.97. The van der Waals surface area contributed by atoms with Gasteiger partial charge in [0.1, 0.15) is 5.01 Å². The summed E-state index contributed by atoms with van der Waals surface area (Å²) in [5.74, 6) is 0.181. The van der Waals surface area contributed by atoms with E-state index in [1.165, 1.54) is 0 Å². The maximum Gasteiger partial charge on any atom is 0.199 e. The standard InChI is InChI=1S/C15H10N2OS/c18-14-13(9-5-1-2-6-10(9)16-14)15-17-11-7-3-4-8-12(11)19-15/h1-8,16,18H. The number of hydrogen-bond acceptors (Lipinski definition) is 3. The normalized spacial score (nSPS) is 11.4. The minimum absolute atomic E-state index is 0.181. The molecule has 19 heavy (non-hydrogen) atoms. The van der Waals surface area contributed by atoms with Gasteiger partial charge in [0.25, 0.3) is 0 Å². The molecule has 2 heterocycles. The van der Waals surface area contributed by atoms with Crippen LogP contribution < -0.4 is 0 Å². The summed E-state index contributed by atoms with van der Waals surface area (Å²) in [6.45, 7) is 0. The Kier molecular flexibility index (Phi) is 2.13. The van der Waals surface area contributed by atoms with E-state index in [2.05, 4.69) is 9.97 Å². The zero-order chi connectivity index (χ0) is 12.8. The van der Waals surface area contributed by atoms with Gasteiger partial charge in [-0.15, -0.1) is 11.3 Å². The van der Waals surface area contributed by atoms with E-state index in [0.717, 1.165) is 31.7 Å². The lowest BCUT2D eigenvalue weighted by Gasteiger charge is -1.93. The van der Waals surface area contributed by atoms with Gasteiger partial charge in [-0.3, -0.25) is 0 Å². The van der Waals surface area contributed by atoms with Crippen molar-refractivity contribution in [1.82, 2.24) is 9.97 Å². The number of aromatic nitrogens is 2. The highest BCUT2D eigenvalue weighted by molar-refractivity contribution is 7.21. The van der Waals surface area contributed by atoms with Gasteiger partial charge in [-0.05, 0) is 18.2 Å². The summed E-state index contributed by atoms with van der Waals surface area (Å²) in [4.78, 5) is 7.60. The molecule has 0 radical (unpaired) electrons. The first-order chi connectivity index (χ1) is 9.33. The second-order valence-electron chi connectivity index (χ2n) is 4.38. The Bertz CT molecular complexity index is 858. The van der Waals surface area contributed by atoms with E-state index in [1.54, 1.807) is 11.3 Å². The highest BCUT2D eigenvalue weighted by atomic mass is 32.1. The molecule has 2 N–H and O–H groups in total. The lowest BCUT2D eigenvalue weighted by molar-refractivity contribution is 0.460. The topological polar surface area (TPSA) is 48.9 Å². The molecule has 0 bridgehead atoms. The van der Waals surface area contributed by atoms with E-state index >= 15 is 0 Å². The van der Waals surface area contributed by atoms with E-state index in [9.17, 15) is 5.11 Å². The molecule has 2 aromatic heterocycles. The summed E-state index contributed by atoms with van der Waals surface area (Å²) in [5, 5.41) is 12.0. The lowest BCUT2D eigenvalue weighted by atomic mass is 10.2. The van der Waals surface area contributed by atoms with Crippen molar-refractivity contribution in [2.45, 2.75) is 0 Å². The SMILES string of the molecule is Oc1[nH]c2ccccc2c1-c1nc2ccccc2s1. The molecule has 0 aliphatic rings. The Balaban J connectivity index is 2.06. The predicted octanol–water partition coefficient (Wildman–Crippen LogP) is 4.15. The number of aromatic hydroxyl groups is 1. The van der Waals surface area contributed by atoms with Crippen molar-refractivity contribution in [3.8, 4) is 16.5 Å². The molecule has 92 valence electrons. The van der Waals surface area contributed by atoms with Crippen LogP contribution in [0.1, 0.15) is 0 Å². The smallest absolute Gasteiger partial charge is 0.199 e. The van der Waals surface area contributed by atoms with Gasteiger partial charge in [-0.2, -0.15) is 0 Å². The number of para-hydroxylation sites is 2. The van der Waals surface area contributed by atoms with Crippen LogP contribution in [0.3, 0.4) is 0 Å². The average molecular weight is 266 g/mol. The van der Waals surface area contributed by atoms with Crippen molar-refractivity contribution in [2.75, 3.05) is 0 Å². The van der Waals surface area contributed by atoms with E-state index < -0.39 is 0 Å². The van der Waals surface area contributed by atoms with Gasteiger partial charge in [-0.1, -0.05) is 30.3 Å². The molecule has 4 heteroatoms. The Morgan fingerprint density at radius 2 is 1.79 bits per heavy atom. The van der Waals surface area contributed by atoms with Gasteiger partial charge < -0.3 is 10.1 Å². The van der Waals surface area contributed by atoms with Crippen molar-refractivity contribution in [3.63, 3.8) is 0 Å². The number of benzene rings is 2. The second-order valence-corrected chi connectivity index (χ2v) is 5.41. The minimum atomic E-state index is 0.181. The van der Waals surface area contributed by atoms with Crippen LogP contribution in [-0.4, -0.2) is 15.1 Å². The highest BCUT2D eigenvalue weighted by Gasteiger charge is 2.16. The molecule has 0 spiro atoms. The molecular formula is C15H10N2OS. The molecular weight excluding hydrogens is 256 g/mol. The number of aromatic amines is 1. The Labute approximate surface area is 113 Å². The van der Waals surface area contributed by atoms with Gasteiger partial charge in [0, 0.05) is 10.9 Å². The number of H-pyrrole nitrogens is 1. The van der Waals surface area contributed by atoms with E-state index in [0.29, 0.717) is 0 Å². The van der Waals surface area contributed by atoms with Crippen LogP contribution in [0, 0.1) is 0 Å². The Hall–Kier alpha value is -2.33. The monoisotopic (exact) mass is 266 g/mol. The molecule has 0 unspecified atom stereocenters. The van der Waals surface area contributed by atoms with Crippen LogP contribution in [0.15, 0.2) is 48.5 Å². The first kappa shape index (κ1) is 10.6. The zero-order valence-corrected chi connectivity index (χ0v) is 10.7. The summed E-state index contributed by atoms with van der Waals surface area (Å²) in [7, 11) is 0. The third kappa shape index (κ3) is 1.54. The van der Waals surface area contributed by atoms with Crippen LogP contribution in [-0.2, 0) is 0 Å². The largest absolute Gasteiger partial charge is 0.494 e. The molecule has 0 atom stereocenters. The van der Waals surface area contributed by atoms with E-state index in [1.807, 2.05) is 48.5 Å². The molecule has 0 aliphatic heterocycles. The van der Waals surface area contributed by atoms with Gasteiger partial charge in [0.15, 0.2) is 5.88 Å². The molecule has 0 saturated heterocycles. The molecule has 0 fully saturated rings. The van der Waals surface area contributed by atoms with Crippen LogP contribution in [0.5, 0.6) is 5.88 Å². The number of rotatable bonds is 1. The molecule has 0 saturated carbocycles. The maximum atomic E-state index is 10.1. The highest BCUT2D eigenvalue weighted by Crippen LogP contribution is 2.39. The Morgan fingerprint density at radius 1 is 1.00 bits per heavy atom.